The van der Waals surface area contributed by atoms with Crippen LogP contribution in [0.3, 0.4) is 0 Å². The van der Waals surface area contributed by atoms with Crippen molar-refractivity contribution < 1.29 is 37.0 Å². The van der Waals surface area contributed by atoms with Gasteiger partial charge in [-0.1, -0.05) is 18.2 Å². The number of nitrogens with two attached hydrogens (primary N) is 1. The molecule has 1 atom stereocenters. The molecule has 1 aliphatic heterocycles. The number of carbonyl (C=O) groups excluding carboxylic acids is 2. The molecule has 0 spiro atoms. The minimum absolute atomic E-state index is 0.0277. The van der Waals surface area contributed by atoms with E-state index in [0.717, 1.165) is 0 Å². The lowest BCUT2D eigenvalue weighted by atomic mass is 9.80. The maximum absolute atomic E-state index is 13.4. The molecule has 160 valence electrons. The third kappa shape index (κ3) is 4.74. The summed E-state index contributed by atoms with van der Waals surface area (Å²) in [6.07, 6.45) is -6.05. The zero-order chi connectivity index (χ0) is 22.5. The molecule has 7 nitrogen and oxygen atoms in total. The molecular formula is C20H19F3N2O5. The van der Waals surface area contributed by atoms with Crippen LogP contribution in [-0.2, 0) is 19.1 Å². The Morgan fingerprint density at radius 2 is 1.90 bits per heavy atom. The number of halogens is 3. The van der Waals surface area contributed by atoms with Gasteiger partial charge in [0, 0.05) is 5.56 Å². The van der Waals surface area contributed by atoms with Crippen LogP contribution in [0.25, 0.3) is 0 Å². The Morgan fingerprint density at radius 3 is 2.47 bits per heavy atom. The standard InChI is InChI=1S/C20H19F3N2O5/c1-3-28-13-8-6-5-7-11(13)16-12(10-24)19(25)30-14(9-15(26)29-4-2)17(16)18(27)20(21,22)23/h5-8,16H,3-4,9,25H2,1-2H3. The van der Waals surface area contributed by atoms with Crippen LogP contribution in [0.2, 0.25) is 0 Å². The topological polar surface area (TPSA) is 112 Å². The van der Waals surface area contributed by atoms with E-state index in [-0.39, 0.29) is 24.5 Å². The molecule has 1 aromatic carbocycles. The average molecular weight is 424 g/mol. The maximum atomic E-state index is 13.4. The highest BCUT2D eigenvalue weighted by Crippen LogP contribution is 2.45. The second-order valence-corrected chi connectivity index (χ2v) is 6.04. The van der Waals surface area contributed by atoms with Gasteiger partial charge in [0.05, 0.1) is 24.7 Å². The van der Waals surface area contributed by atoms with E-state index in [2.05, 4.69) is 0 Å². The van der Waals surface area contributed by atoms with Crippen molar-refractivity contribution in [3.63, 3.8) is 0 Å². The molecule has 0 saturated heterocycles. The summed E-state index contributed by atoms with van der Waals surface area (Å²) in [6.45, 7) is 3.34. The van der Waals surface area contributed by atoms with Crippen molar-refractivity contribution >= 4 is 11.8 Å². The van der Waals surface area contributed by atoms with Gasteiger partial charge in [-0.2, -0.15) is 18.4 Å². The zero-order valence-electron chi connectivity index (χ0n) is 16.2. The molecule has 10 heteroatoms. The second-order valence-electron chi connectivity index (χ2n) is 6.04. The van der Waals surface area contributed by atoms with Crippen LogP contribution in [0.5, 0.6) is 5.75 Å². The fraction of sp³-hybridized carbons (Fsp3) is 0.350. The number of esters is 1. The van der Waals surface area contributed by atoms with Crippen molar-refractivity contribution in [1.29, 1.82) is 5.26 Å². The predicted octanol–water partition coefficient (Wildman–Crippen LogP) is 3.23. The number of hydrogen-bond donors (Lipinski definition) is 1. The first-order valence-electron chi connectivity index (χ1n) is 8.95. The number of nitrogens with zero attached hydrogens (tertiary/aromatic N) is 1. The maximum Gasteiger partial charge on any atom is 0.454 e. The molecule has 0 radical (unpaired) electrons. The molecule has 1 aromatic rings. The Hall–Kier alpha value is -3.48. The van der Waals surface area contributed by atoms with Gasteiger partial charge in [0.15, 0.2) is 0 Å². The lowest BCUT2D eigenvalue weighted by Crippen LogP contribution is -2.33. The second kappa shape index (κ2) is 9.35. The molecule has 0 aromatic heterocycles. The van der Waals surface area contributed by atoms with E-state index in [1.165, 1.54) is 25.1 Å². The molecule has 0 fully saturated rings. The monoisotopic (exact) mass is 424 g/mol. The van der Waals surface area contributed by atoms with E-state index in [9.17, 15) is 28.0 Å². The Morgan fingerprint density at radius 1 is 1.23 bits per heavy atom. The first-order valence-corrected chi connectivity index (χ1v) is 8.95. The normalized spacial score (nSPS) is 16.6. The van der Waals surface area contributed by atoms with Crippen LogP contribution in [0.15, 0.2) is 47.1 Å². The number of alkyl halides is 3. The fourth-order valence-electron chi connectivity index (χ4n) is 3.01. The molecular weight excluding hydrogens is 405 g/mol. The fourth-order valence-corrected chi connectivity index (χ4v) is 3.01. The number of nitriles is 1. The van der Waals surface area contributed by atoms with Crippen molar-refractivity contribution in [2.24, 2.45) is 5.73 Å². The van der Waals surface area contributed by atoms with Crippen LogP contribution in [0, 0.1) is 11.3 Å². The molecule has 1 aliphatic rings. The van der Waals surface area contributed by atoms with Crippen molar-refractivity contribution in [3.8, 4) is 11.8 Å². The lowest BCUT2D eigenvalue weighted by molar-refractivity contribution is -0.167. The van der Waals surface area contributed by atoms with Crippen molar-refractivity contribution in [2.45, 2.75) is 32.4 Å². The molecule has 0 amide bonds. The number of allylic oxidation sites excluding steroid dienone is 2. The van der Waals surface area contributed by atoms with Gasteiger partial charge in [0.25, 0.3) is 5.78 Å². The summed E-state index contributed by atoms with van der Waals surface area (Å²) in [5.74, 6) is -5.67. The van der Waals surface area contributed by atoms with Crippen molar-refractivity contribution in [1.82, 2.24) is 0 Å². The molecule has 1 unspecified atom stereocenters. The van der Waals surface area contributed by atoms with Gasteiger partial charge in [0.2, 0.25) is 5.88 Å². The minimum Gasteiger partial charge on any atom is -0.494 e. The number of ketones is 1. The summed E-state index contributed by atoms with van der Waals surface area (Å²) in [7, 11) is 0. The third-order valence-corrected chi connectivity index (χ3v) is 4.14. The largest absolute Gasteiger partial charge is 0.494 e. The van der Waals surface area contributed by atoms with Gasteiger partial charge >= 0.3 is 12.1 Å². The highest BCUT2D eigenvalue weighted by Gasteiger charge is 2.48. The SMILES string of the molecule is CCOC(=O)CC1=C(C(=O)C(F)(F)F)C(c2ccccc2OCC)C(C#N)=C(N)O1. The molecule has 0 bridgehead atoms. The highest BCUT2D eigenvalue weighted by molar-refractivity contribution is 6.03. The smallest absolute Gasteiger partial charge is 0.454 e. The predicted molar refractivity (Wildman–Crippen MR) is 97.6 cm³/mol. The quantitative estimate of drug-likeness (QED) is 0.669. The zero-order valence-corrected chi connectivity index (χ0v) is 16.2. The molecule has 2 N–H and O–H groups in total. The number of benzene rings is 1. The average Bonchev–Trinajstić information content (AvgIpc) is 2.67. The summed E-state index contributed by atoms with van der Waals surface area (Å²) in [6, 6.07) is 7.71. The number of rotatable bonds is 7. The Balaban J connectivity index is 2.78. The number of para-hydroxylation sites is 1. The van der Waals surface area contributed by atoms with Crippen LogP contribution in [0.4, 0.5) is 13.2 Å². The van der Waals surface area contributed by atoms with E-state index in [1.807, 2.05) is 0 Å². The Kier molecular flexibility index (Phi) is 7.10. The van der Waals surface area contributed by atoms with E-state index in [0.29, 0.717) is 0 Å². The van der Waals surface area contributed by atoms with Crippen LogP contribution >= 0.6 is 0 Å². The molecule has 1 heterocycles. The Labute approximate surface area is 170 Å². The molecule has 0 saturated carbocycles. The summed E-state index contributed by atoms with van der Waals surface area (Å²) < 4.78 is 55.7. The summed E-state index contributed by atoms with van der Waals surface area (Å²) in [5, 5.41) is 9.55. The van der Waals surface area contributed by atoms with E-state index >= 15 is 0 Å². The van der Waals surface area contributed by atoms with Gasteiger partial charge in [-0.15, -0.1) is 0 Å². The van der Waals surface area contributed by atoms with Crippen LogP contribution < -0.4 is 10.5 Å². The van der Waals surface area contributed by atoms with E-state index < -0.39 is 53.1 Å². The number of Topliss-reactive ketones (excluding diaryl/α,β-unsaturated/α-hetero) is 1. The number of hydrogen-bond acceptors (Lipinski definition) is 7. The van der Waals surface area contributed by atoms with Crippen molar-refractivity contribution in [2.75, 3.05) is 13.2 Å². The van der Waals surface area contributed by atoms with Crippen molar-refractivity contribution in [3.05, 3.63) is 52.6 Å². The van der Waals surface area contributed by atoms with E-state index in [1.54, 1.807) is 19.1 Å². The van der Waals surface area contributed by atoms with Gasteiger partial charge in [-0.25, -0.2) is 0 Å². The summed E-state index contributed by atoms with van der Waals surface area (Å²) in [4.78, 5) is 24.3. The Bertz CT molecular complexity index is 944. The first-order chi connectivity index (χ1) is 14.1. The first kappa shape index (κ1) is 22.8. The summed E-state index contributed by atoms with van der Waals surface area (Å²) >= 11 is 0. The molecule has 2 rings (SSSR count). The number of ether oxygens (including phenoxy) is 3. The van der Waals surface area contributed by atoms with Gasteiger partial charge in [-0.05, 0) is 19.9 Å². The van der Waals surface area contributed by atoms with Gasteiger partial charge in [0.1, 0.15) is 29.6 Å². The minimum atomic E-state index is -5.29. The molecule has 0 aliphatic carbocycles. The molecule has 30 heavy (non-hydrogen) atoms. The van der Waals surface area contributed by atoms with Gasteiger partial charge in [-0.3, -0.25) is 9.59 Å². The van der Waals surface area contributed by atoms with Crippen LogP contribution in [0.1, 0.15) is 31.7 Å². The van der Waals surface area contributed by atoms with Gasteiger partial charge < -0.3 is 19.9 Å². The third-order valence-electron chi connectivity index (χ3n) is 4.14. The summed E-state index contributed by atoms with van der Waals surface area (Å²) in [5.41, 5.74) is 4.57. The highest BCUT2D eigenvalue weighted by atomic mass is 19.4. The lowest BCUT2D eigenvalue weighted by Gasteiger charge is -2.29. The van der Waals surface area contributed by atoms with E-state index in [4.69, 9.17) is 19.9 Å². The number of carbonyl (C=O) groups is 2. The van der Waals surface area contributed by atoms with Crippen LogP contribution in [-0.4, -0.2) is 31.1 Å².